The smallest absolute Gasteiger partial charge is 0.231 e. The van der Waals surface area contributed by atoms with E-state index in [4.69, 9.17) is 14.2 Å². The molecule has 0 saturated heterocycles. The van der Waals surface area contributed by atoms with E-state index in [1.54, 1.807) is 14.0 Å². The molecule has 1 aromatic heterocycles. The number of aromatic amines is 1. The van der Waals surface area contributed by atoms with Crippen LogP contribution in [0.1, 0.15) is 18.9 Å². The Bertz CT molecular complexity index is 886. The van der Waals surface area contributed by atoms with Gasteiger partial charge in [-0.3, -0.25) is 0 Å². The molecule has 6 heteroatoms. The third-order valence-corrected chi connectivity index (χ3v) is 3.90. The molecule has 1 unspecified atom stereocenters. The molecule has 2 heterocycles. The second kappa shape index (κ2) is 5.17. The highest BCUT2D eigenvalue weighted by atomic mass is 16.7. The van der Waals surface area contributed by atoms with Gasteiger partial charge in [0.15, 0.2) is 11.5 Å². The van der Waals surface area contributed by atoms with Crippen molar-refractivity contribution >= 4 is 11.0 Å². The number of H-pyrrole nitrogens is 1. The average molecular weight is 312 g/mol. The van der Waals surface area contributed by atoms with E-state index in [1.165, 1.54) is 0 Å². The fourth-order valence-electron chi connectivity index (χ4n) is 2.71. The third-order valence-electron chi connectivity index (χ3n) is 3.90. The van der Waals surface area contributed by atoms with Crippen molar-refractivity contribution in [2.45, 2.75) is 13.0 Å². The summed E-state index contributed by atoms with van der Waals surface area (Å²) >= 11 is 0. The van der Waals surface area contributed by atoms with Crippen LogP contribution in [0.5, 0.6) is 17.2 Å². The maximum atomic E-state index is 9.65. The number of hydrogen-bond donors (Lipinski definition) is 2. The normalized spacial score (nSPS) is 14.2. The topological polar surface area (TPSA) is 76.6 Å². The van der Waals surface area contributed by atoms with Crippen LogP contribution < -0.4 is 14.2 Å². The maximum absolute atomic E-state index is 9.65. The lowest BCUT2D eigenvalue weighted by atomic mass is 10.0. The van der Waals surface area contributed by atoms with Crippen LogP contribution in [-0.4, -0.2) is 29.0 Å². The van der Waals surface area contributed by atoms with Gasteiger partial charge < -0.3 is 24.3 Å². The van der Waals surface area contributed by atoms with Crippen molar-refractivity contribution in [3.05, 3.63) is 36.2 Å². The molecular weight excluding hydrogens is 296 g/mol. The Morgan fingerprint density at radius 2 is 2.00 bits per heavy atom. The highest BCUT2D eigenvalue weighted by Gasteiger charge is 2.19. The predicted molar refractivity (Wildman–Crippen MR) is 84.8 cm³/mol. The van der Waals surface area contributed by atoms with Crippen LogP contribution >= 0.6 is 0 Å². The van der Waals surface area contributed by atoms with Gasteiger partial charge in [0.25, 0.3) is 0 Å². The molecular formula is C17H16N2O4. The van der Waals surface area contributed by atoms with Gasteiger partial charge in [0.1, 0.15) is 17.7 Å². The van der Waals surface area contributed by atoms with Gasteiger partial charge in [-0.25, -0.2) is 4.98 Å². The van der Waals surface area contributed by atoms with Gasteiger partial charge in [-0.2, -0.15) is 0 Å². The second-order valence-corrected chi connectivity index (χ2v) is 5.44. The molecule has 0 amide bonds. The largest absolute Gasteiger partial charge is 0.496 e. The number of nitrogens with one attached hydrogen (secondary N) is 1. The van der Waals surface area contributed by atoms with Crippen molar-refractivity contribution in [3.63, 3.8) is 0 Å². The molecule has 0 saturated carbocycles. The molecule has 118 valence electrons. The standard InChI is InChI=1S/C17H16N2O4/c1-9(20)17-18-12-4-3-10(5-13(12)19-17)11-6-15-16(23-8-22-15)7-14(11)21-2/h3-7,9,20H,8H2,1-2H3,(H,18,19). The molecule has 0 spiro atoms. The summed E-state index contributed by atoms with van der Waals surface area (Å²) in [5.41, 5.74) is 3.54. The summed E-state index contributed by atoms with van der Waals surface area (Å²) < 4.78 is 16.3. The zero-order valence-electron chi connectivity index (χ0n) is 12.8. The van der Waals surface area contributed by atoms with Crippen molar-refractivity contribution in [1.29, 1.82) is 0 Å². The monoisotopic (exact) mass is 312 g/mol. The van der Waals surface area contributed by atoms with E-state index in [2.05, 4.69) is 9.97 Å². The molecule has 2 aromatic carbocycles. The number of ether oxygens (including phenoxy) is 3. The molecule has 0 fully saturated rings. The van der Waals surface area contributed by atoms with Crippen molar-refractivity contribution in [2.75, 3.05) is 13.9 Å². The Labute approximate surface area is 132 Å². The summed E-state index contributed by atoms with van der Waals surface area (Å²) in [5.74, 6) is 2.65. The zero-order chi connectivity index (χ0) is 16.0. The predicted octanol–water partition coefficient (Wildman–Crippen LogP) is 3.02. The molecule has 4 rings (SSSR count). The number of aliphatic hydroxyl groups excluding tert-OH is 1. The number of aromatic nitrogens is 2. The first kappa shape index (κ1) is 13.9. The molecule has 23 heavy (non-hydrogen) atoms. The zero-order valence-corrected chi connectivity index (χ0v) is 12.8. The first-order chi connectivity index (χ1) is 11.2. The molecule has 6 nitrogen and oxygen atoms in total. The fraction of sp³-hybridized carbons (Fsp3) is 0.235. The molecule has 1 aliphatic rings. The Kier molecular flexibility index (Phi) is 3.12. The Morgan fingerprint density at radius 1 is 1.22 bits per heavy atom. The number of aliphatic hydroxyl groups is 1. The van der Waals surface area contributed by atoms with E-state index >= 15 is 0 Å². The van der Waals surface area contributed by atoms with E-state index in [-0.39, 0.29) is 6.79 Å². The lowest BCUT2D eigenvalue weighted by molar-refractivity contribution is 0.174. The van der Waals surface area contributed by atoms with Crippen LogP contribution in [0.25, 0.3) is 22.2 Å². The van der Waals surface area contributed by atoms with E-state index in [9.17, 15) is 5.11 Å². The van der Waals surface area contributed by atoms with Gasteiger partial charge >= 0.3 is 0 Å². The second-order valence-electron chi connectivity index (χ2n) is 5.44. The molecule has 0 bridgehead atoms. The number of rotatable bonds is 3. The minimum absolute atomic E-state index is 0.222. The number of methoxy groups -OCH3 is 1. The molecule has 3 aromatic rings. The number of benzene rings is 2. The van der Waals surface area contributed by atoms with Crippen molar-refractivity contribution in [1.82, 2.24) is 9.97 Å². The first-order valence-electron chi connectivity index (χ1n) is 7.31. The van der Waals surface area contributed by atoms with E-state index in [0.29, 0.717) is 23.1 Å². The van der Waals surface area contributed by atoms with Gasteiger partial charge in [0.05, 0.1) is 18.1 Å². The summed E-state index contributed by atoms with van der Waals surface area (Å²) in [6, 6.07) is 9.60. The van der Waals surface area contributed by atoms with Crippen LogP contribution in [0.4, 0.5) is 0 Å². The average Bonchev–Trinajstić information content (AvgIpc) is 3.18. The Morgan fingerprint density at radius 3 is 2.74 bits per heavy atom. The van der Waals surface area contributed by atoms with Crippen molar-refractivity contribution < 1.29 is 19.3 Å². The number of fused-ring (bicyclic) bond motifs is 2. The SMILES string of the molecule is COc1cc2c(cc1-c1ccc3nc(C(C)O)[nH]c3c1)OCO2. The third kappa shape index (κ3) is 2.27. The minimum atomic E-state index is -0.633. The lowest BCUT2D eigenvalue weighted by Gasteiger charge is -2.10. The molecule has 2 N–H and O–H groups in total. The summed E-state index contributed by atoms with van der Waals surface area (Å²) in [5, 5.41) is 9.65. The number of nitrogens with zero attached hydrogens (tertiary/aromatic N) is 1. The molecule has 0 radical (unpaired) electrons. The van der Waals surface area contributed by atoms with Gasteiger partial charge in [-0.15, -0.1) is 0 Å². The lowest BCUT2D eigenvalue weighted by Crippen LogP contribution is -1.92. The van der Waals surface area contributed by atoms with Crippen LogP contribution in [0.3, 0.4) is 0 Å². The van der Waals surface area contributed by atoms with Gasteiger partial charge in [-0.1, -0.05) is 6.07 Å². The molecule has 1 atom stereocenters. The highest BCUT2D eigenvalue weighted by molar-refractivity contribution is 5.84. The van der Waals surface area contributed by atoms with Gasteiger partial charge in [0, 0.05) is 11.6 Å². The highest BCUT2D eigenvalue weighted by Crippen LogP contribution is 2.42. The van der Waals surface area contributed by atoms with Crippen LogP contribution in [0.2, 0.25) is 0 Å². The Balaban J connectivity index is 1.85. The summed E-state index contributed by atoms with van der Waals surface area (Å²) in [4.78, 5) is 7.50. The summed E-state index contributed by atoms with van der Waals surface area (Å²) in [7, 11) is 1.63. The van der Waals surface area contributed by atoms with E-state index in [1.807, 2.05) is 30.3 Å². The fourth-order valence-corrected chi connectivity index (χ4v) is 2.71. The minimum Gasteiger partial charge on any atom is -0.496 e. The summed E-state index contributed by atoms with van der Waals surface area (Å²) in [6.07, 6.45) is -0.633. The van der Waals surface area contributed by atoms with Crippen LogP contribution in [0, 0.1) is 0 Å². The maximum Gasteiger partial charge on any atom is 0.231 e. The molecule has 0 aliphatic carbocycles. The molecule has 1 aliphatic heterocycles. The van der Waals surface area contributed by atoms with Crippen LogP contribution in [0.15, 0.2) is 30.3 Å². The van der Waals surface area contributed by atoms with Crippen LogP contribution in [-0.2, 0) is 0 Å². The Hall–Kier alpha value is -2.73. The summed E-state index contributed by atoms with van der Waals surface area (Å²) in [6.45, 7) is 1.90. The van der Waals surface area contributed by atoms with Crippen molar-refractivity contribution in [2.24, 2.45) is 0 Å². The van der Waals surface area contributed by atoms with Crippen molar-refractivity contribution in [3.8, 4) is 28.4 Å². The van der Waals surface area contributed by atoms with Gasteiger partial charge in [-0.05, 0) is 30.7 Å². The van der Waals surface area contributed by atoms with Gasteiger partial charge in [0.2, 0.25) is 6.79 Å². The number of hydrogen-bond acceptors (Lipinski definition) is 5. The van der Waals surface area contributed by atoms with E-state index < -0.39 is 6.10 Å². The van der Waals surface area contributed by atoms with E-state index in [0.717, 1.165) is 22.2 Å². The quantitative estimate of drug-likeness (QED) is 0.777. The first-order valence-corrected chi connectivity index (χ1v) is 7.31. The number of imidazole rings is 1.